The molecule has 0 bridgehead atoms. The maximum absolute atomic E-state index is 10.3. The zero-order chi connectivity index (χ0) is 42.0. The molecule has 0 N–H and O–H groups in total. The van der Waals surface area contributed by atoms with Crippen molar-refractivity contribution in [2.45, 2.75) is 253 Å². The molecule has 0 aromatic heterocycles. The number of aldehydes is 2. The molecule has 0 unspecified atom stereocenters. The van der Waals surface area contributed by atoms with Gasteiger partial charge in [-0.3, -0.25) is 0 Å². The summed E-state index contributed by atoms with van der Waals surface area (Å²) in [6, 6.07) is 0. The molecule has 0 fully saturated rings. The molecular formula is C51H105NO4. The minimum Gasteiger partial charge on any atom is -0.385 e. The van der Waals surface area contributed by atoms with Crippen molar-refractivity contribution in [2.24, 2.45) is 17.8 Å². The molecular weight excluding hydrogens is 691 g/mol. The van der Waals surface area contributed by atoms with Crippen LogP contribution in [0.1, 0.15) is 253 Å². The second-order valence-corrected chi connectivity index (χ2v) is 17.0. The van der Waals surface area contributed by atoms with E-state index in [2.05, 4.69) is 46.4 Å². The van der Waals surface area contributed by atoms with Crippen molar-refractivity contribution in [1.82, 2.24) is 4.90 Å². The fraction of sp³-hybridized carbons (Fsp3) is 0.961. The van der Waals surface area contributed by atoms with Crippen molar-refractivity contribution < 1.29 is 19.1 Å². The number of carbonyl (C=O) groups is 2. The summed E-state index contributed by atoms with van der Waals surface area (Å²) in [5.74, 6) is 2.71. The number of methoxy groups -OCH3 is 2. The lowest BCUT2D eigenvalue weighted by Crippen LogP contribution is -2.25. The Balaban J connectivity index is -0.000000804. The lowest BCUT2D eigenvalue weighted by atomic mass is 9.91. The molecule has 0 spiro atoms. The molecule has 0 saturated carbocycles. The van der Waals surface area contributed by atoms with Crippen LogP contribution in [0.3, 0.4) is 0 Å². The highest BCUT2D eigenvalue weighted by Gasteiger charge is 2.11. The minimum absolute atomic E-state index is 0.735. The normalized spacial score (nSPS) is 11.3. The average molecular weight is 796 g/mol. The van der Waals surface area contributed by atoms with Crippen LogP contribution in [-0.4, -0.2) is 64.5 Å². The summed E-state index contributed by atoms with van der Waals surface area (Å²) < 4.78 is 10.4. The molecule has 0 amide bonds. The Morgan fingerprint density at radius 2 is 0.661 bits per heavy atom. The van der Waals surface area contributed by atoms with Crippen molar-refractivity contribution in [3.8, 4) is 0 Å². The molecule has 338 valence electrons. The van der Waals surface area contributed by atoms with Gasteiger partial charge in [0, 0.05) is 40.3 Å². The third-order valence-corrected chi connectivity index (χ3v) is 11.9. The van der Waals surface area contributed by atoms with E-state index >= 15 is 0 Å². The molecule has 56 heavy (non-hydrogen) atoms. The summed E-state index contributed by atoms with van der Waals surface area (Å²) in [5, 5.41) is 0. The average Bonchev–Trinajstić information content (AvgIpc) is 3.21. The van der Waals surface area contributed by atoms with Gasteiger partial charge in [0.15, 0.2) is 0 Å². The summed E-state index contributed by atoms with van der Waals surface area (Å²) in [7, 11) is 3.63. The van der Waals surface area contributed by atoms with E-state index in [0.29, 0.717) is 0 Å². The van der Waals surface area contributed by atoms with Crippen LogP contribution in [0.25, 0.3) is 0 Å². The van der Waals surface area contributed by atoms with Crippen molar-refractivity contribution in [1.29, 1.82) is 0 Å². The number of hydrogen-bond acceptors (Lipinski definition) is 5. The first-order valence-electron chi connectivity index (χ1n) is 25.0. The summed E-state index contributed by atoms with van der Waals surface area (Å²) >= 11 is 0. The van der Waals surface area contributed by atoms with Crippen molar-refractivity contribution >= 4 is 12.6 Å². The molecule has 0 atom stereocenters. The number of nitrogens with zero attached hydrogens (tertiary/aromatic N) is 1. The van der Waals surface area contributed by atoms with Crippen LogP contribution in [0.15, 0.2) is 0 Å². The van der Waals surface area contributed by atoms with Gasteiger partial charge in [-0.25, -0.2) is 0 Å². The SMILES string of the molecule is CCCCCC(CCCCC)CCOC.CCCCCC(CCCCC)CCOC.CCN(CC)CCC(CCCCCCCC=O)CCCCCCCC=O. The van der Waals surface area contributed by atoms with Crippen LogP contribution in [0.2, 0.25) is 0 Å². The standard InChI is InChI=1S/C23H45NO2.2C14H30O/c1-3-24(4-2)20-19-23(17-13-9-5-7-11-15-21-25)18-14-10-6-8-12-16-22-26;2*1-4-6-8-10-14(12-13-15-3)11-9-7-5-2/h21-23H,3-20H2,1-2H3;2*14H,4-13H2,1-3H3. The van der Waals surface area contributed by atoms with Crippen LogP contribution in [0.4, 0.5) is 0 Å². The number of unbranched alkanes of at least 4 members (excludes halogenated alkanes) is 18. The second kappa shape index (κ2) is 54.2. The molecule has 0 saturated heterocycles. The van der Waals surface area contributed by atoms with E-state index in [9.17, 15) is 9.59 Å². The van der Waals surface area contributed by atoms with Crippen molar-refractivity contribution in [2.75, 3.05) is 47.1 Å². The lowest BCUT2D eigenvalue weighted by Gasteiger charge is -2.23. The number of carbonyl (C=O) groups excluding carboxylic acids is 2. The Morgan fingerprint density at radius 1 is 0.375 bits per heavy atom. The highest BCUT2D eigenvalue weighted by molar-refractivity contribution is 5.49. The zero-order valence-corrected chi connectivity index (χ0v) is 39.8. The first kappa shape index (κ1) is 59.5. The quantitative estimate of drug-likeness (QED) is 0.0454. The molecule has 0 aliphatic carbocycles. The van der Waals surface area contributed by atoms with Crippen LogP contribution in [0, 0.1) is 17.8 Å². The van der Waals surface area contributed by atoms with Gasteiger partial charge in [0.2, 0.25) is 0 Å². The molecule has 0 rings (SSSR count). The van der Waals surface area contributed by atoms with Gasteiger partial charge >= 0.3 is 0 Å². The Labute approximate surface area is 353 Å². The third-order valence-electron chi connectivity index (χ3n) is 11.9. The molecule has 0 aliphatic rings. The smallest absolute Gasteiger partial charge is 0.119 e. The monoisotopic (exact) mass is 796 g/mol. The lowest BCUT2D eigenvalue weighted by molar-refractivity contribution is -0.108. The maximum atomic E-state index is 10.3. The first-order valence-corrected chi connectivity index (χ1v) is 25.0. The van der Waals surface area contributed by atoms with E-state index in [1.165, 1.54) is 193 Å². The summed E-state index contributed by atoms with van der Waals surface area (Å²) in [6.07, 6.45) is 45.0. The van der Waals surface area contributed by atoms with Crippen molar-refractivity contribution in [3.63, 3.8) is 0 Å². The predicted octanol–water partition coefficient (Wildman–Crippen LogP) is 15.8. The Morgan fingerprint density at radius 3 is 0.946 bits per heavy atom. The first-order chi connectivity index (χ1) is 27.5. The molecule has 5 nitrogen and oxygen atoms in total. The number of hydrogen-bond donors (Lipinski definition) is 0. The van der Waals surface area contributed by atoms with Gasteiger partial charge in [-0.2, -0.15) is 0 Å². The van der Waals surface area contributed by atoms with Crippen molar-refractivity contribution in [3.05, 3.63) is 0 Å². The van der Waals surface area contributed by atoms with Crippen LogP contribution in [-0.2, 0) is 19.1 Å². The summed E-state index contributed by atoms with van der Waals surface area (Å²) in [6.45, 7) is 19.1. The third kappa shape index (κ3) is 49.4. The van der Waals surface area contributed by atoms with Crippen LogP contribution in [0.5, 0.6) is 0 Å². The van der Waals surface area contributed by atoms with E-state index in [4.69, 9.17) is 9.47 Å². The number of rotatable bonds is 43. The van der Waals surface area contributed by atoms with Gasteiger partial charge in [-0.1, -0.05) is 208 Å². The predicted molar refractivity (Wildman–Crippen MR) is 249 cm³/mol. The van der Waals surface area contributed by atoms with Gasteiger partial charge in [0.25, 0.3) is 0 Å². The van der Waals surface area contributed by atoms with Gasteiger partial charge in [-0.05, 0) is 69.5 Å². The Kier molecular flexibility index (Phi) is 57.6. The Bertz CT molecular complexity index is 629. The minimum atomic E-state index is 0.735. The molecule has 5 heteroatoms. The van der Waals surface area contributed by atoms with Gasteiger partial charge in [0.05, 0.1) is 0 Å². The van der Waals surface area contributed by atoms with E-state index < -0.39 is 0 Å². The van der Waals surface area contributed by atoms with Crippen LogP contribution < -0.4 is 0 Å². The number of ether oxygens (including phenoxy) is 2. The van der Waals surface area contributed by atoms with E-state index in [1.807, 2.05) is 14.2 Å². The van der Waals surface area contributed by atoms with Gasteiger partial charge in [-0.15, -0.1) is 0 Å². The molecule has 0 radical (unpaired) electrons. The summed E-state index contributed by atoms with van der Waals surface area (Å²) in [4.78, 5) is 23.2. The van der Waals surface area contributed by atoms with Gasteiger partial charge < -0.3 is 24.0 Å². The van der Waals surface area contributed by atoms with Crippen LogP contribution >= 0.6 is 0 Å². The van der Waals surface area contributed by atoms with Gasteiger partial charge in [0.1, 0.15) is 12.6 Å². The molecule has 0 aliphatic heterocycles. The maximum Gasteiger partial charge on any atom is 0.119 e. The second-order valence-electron chi connectivity index (χ2n) is 17.0. The van der Waals surface area contributed by atoms with E-state index in [0.717, 1.165) is 82.3 Å². The topological polar surface area (TPSA) is 55.8 Å². The molecule has 0 aromatic carbocycles. The summed E-state index contributed by atoms with van der Waals surface area (Å²) in [5.41, 5.74) is 0. The van der Waals surface area contributed by atoms with E-state index in [-0.39, 0.29) is 0 Å². The molecule has 0 aromatic rings. The Hall–Kier alpha value is -0.780. The fourth-order valence-electron chi connectivity index (χ4n) is 7.89. The highest BCUT2D eigenvalue weighted by Crippen LogP contribution is 2.24. The molecule has 0 heterocycles. The highest BCUT2D eigenvalue weighted by atomic mass is 16.5. The zero-order valence-electron chi connectivity index (χ0n) is 39.8. The largest absolute Gasteiger partial charge is 0.385 e. The van der Waals surface area contributed by atoms with E-state index in [1.54, 1.807) is 0 Å². The fourth-order valence-corrected chi connectivity index (χ4v) is 7.89.